The molecule has 0 bridgehead atoms. The minimum Gasteiger partial charge on any atom is -0.465 e. The van der Waals surface area contributed by atoms with Gasteiger partial charge in [0.05, 0.1) is 6.61 Å². The standard InChI is InChI=1S/C18H19IO2/c1-14(16-5-3-2-4-6-16)13-21-18(20)12-9-15-7-10-17(19)11-8-15/h2-8,10-11,14H,9,12-13H2,1H3/t14-/m1/s1. The number of aryl methyl sites for hydroxylation is 1. The monoisotopic (exact) mass is 394 g/mol. The van der Waals surface area contributed by atoms with Crippen molar-refractivity contribution >= 4 is 28.6 Å². The minimum absolute atomic E-state index is 0.128. The van der Waals surface area contributed by atoms with E-state index in [1.165, 1.54) is 14.7 Å². The fraction of sp³-hybridized carbons (Fsp3) is 0.278. The van der Waals surface area contributed by atoms with Gasteiger partial charge in [0, 0.05) is 15.9 Å². The molecule has 0 aliphatic carbocycles. The summed E-state index contributed by atoms with van der Waals surface area (Å²) >= 11 is 2.27. The maximum Gasteiger partial charge on any atom is 0.306 e. The Morgan fingerprint density at radius 1 is 1.10 bits per heavy atom. The van der Waals surface area contributed by atoms with Crippen molar-refractivity contribution in [3.8, 4) is 0 Å². The molecular formula is C18H19IO2. The summed E-state index contributed by atoms with van der Waals surface area (Å²) in [5, 5.41) is 0. The molecule has 0 radical (unpaired) electrons. The Bertz CT molecular complexity index is 564. The summed E-state index contributed by atoms with van der Waals surface area (Å²) in [4.78, 5) is 11.8. The molecule has 0 N–H and O–H groups in total. The number of hydrogen-bond donors (Lipinski definition) is 0. The molecular weight excluding hydrogens is 375 g/mol. The van der Waals surface area contributed by atoms with Crippen LogP contribution < -0.4 is 0 Å². The van der Waals surface area contributed by atoms with Crippen LogP contribution in [0, 0.1) is 3.57 Å². The molecule has 0 spiro atoms. The summed E-state index contributed by atoms with van der Waals surface area (Å²) in [5.41, 5.74) is 2.37. The van der Waals surface area contributed by atoms with Gasteiger partial charge in [0.25, 0.3) is 0 Å². The highest BCUT2D eigenvalue weighted by Crippen LogP contribution is 2.15. The maximum absolute atomic E-state index is 11.8. The Kier molecular flexibility index (Phi) is 6.23. The van der Waals surface area contributed by atoms with Gasteiger partial charge < -0.3 is 4.74 Å². The van der Waals surface area contributed by atoms with Gasteiger partial charge in [0.15, 0.2) is 0 Å². The summed E-state index contributed by atoms with van der Waals surface area (Å²) in [6.45, 7) is 2.51. The molecule has 0 aromatic heterocycles. The quantitative estimate of drug-likeness (QED) is 0.530. The third-order valence-corrected chi connectivity index (χ3v) is 4.11. The van der Waals surface area contributed by atoms with Crippen LogP contribution in [0.4, 0.5) is 0 Å². The Balaban J connectivity index is 1.73. The normalized spacial score (nSPS) is 11.9. The SMILES string of the molecule is C[C@H](COC(=O)CCc1ccc(I)cc1)c1ccccc1. The lowest BCUT2D eigenvalue weighted by molar-refractivity contribution is -0.144. The molecule has 3 heteroatoms. The highest BCUT2D eigenvalue weighted by molar-refractivity contribution is 14.1. The van der Waals surface area contributed by atoms with E-state index in [2.05, 4.69) is 65.9 Å². The van der Waals surface area contributed by atoms with Crippen molar-refractivity contribution in [3.63, 3.8) is 0 Å². The summed E-state index contributed by atoms with van der Waals surface area (Å²) < 4.78 is 6.57. The molecule has 21 heavy (non-hydrogen) atoms. The van der Waals surface area contributed by atoms with Gasteiger partial charge in [0.1, 0.15) is 0 Å². The number of halogens is 1. The topological polar surface area (TPSA) is 26.3 Å². The van der Waals surface area contributed by atoms with Crippen LogP contribution in [0.15, 0.2) is 54.6 Å². The second-order valence-electron chi connectivity index (χ2n) is 5.12. The van der Waals surface area contributed by atoms with Crippen molar-refractivity contribution in [2.45, 2.75) is 25.7 Å². The van der Waals surface area contributed by atoms with Crippen LogP contribution in [0.25, 0.3) is 0 Å². The van der Waals surface area contributed by atoms with Gasteiger partial charge in [-0.3, -0.25) is 4.79 Å². The fourth-order valence-corrected chi connectivity index (χ4v) is 2.42. The zero-order valence-electron chi connectivity index (χ0n) is 12.1. The number of rotatable bonds is 6. The first-order chi connectivity index (χ1) is 10.1. The highest BCUT2D eigenvalue weighted by Gasteiger charge is 2.09. The van der Waals surface area contributed by atoms with Crippen molar-refractivity contribution in [1.29, 1.82) is 0 Å². The van der Waals surface area contributed by atoms with E-state index in [-0.39, 0.29) is 11.9 Å². The second kappa shape index (κ2) is 8.17. The number of carbonyl (C=O) groups excluding carboxylic acids is 1. The van der Waals surface area contributed by atoms with Crippen molar-refractivity contribution in [2.75, 3.05) is 6.61 Å². The van der Waals surface area contributed by atoms with E-state index in [0.717, 1.165) is 6.42 Å². The third kappa shape index (κ3) is 5.50. The smallest absolute Gasteiger partial charge is 0.306 e. The predicted molar refractivity (Wildman–Crippen MR) is 93.3 cm³/mol. The zero-order valence-corrected chi connectivity index (χ0v) is 14.2. The van der Waals surface area contributed by atoms with Gasteiger partial charge in [-0.15, -0.1) is 0 Å². The van der Waals surface area contributed by atoms with Gasteiger partial charge in [-0.1, -0.05) is 49.4 Å². The van der Waals surface area contributed by atoms with Crippen LogP contribution >= 0.6 is 22.6 Å². The Labute approximate surface area is 139 Å². The lowest BCUT2D eigenvalue weighted by Gasteiger charge is -2.12. The highest BCUT2D eigenvalue weighted by atomic mass is 127. The average molecular weight is 394 g/mol. The van der Waals surface area contributed by atoms with Gasteiger partial charge in [-0.25, -0.2) is 0 Å². The summed E-state index contributed by atoms with van der Waals surface area (Å²) in [7, 11) is 0. The van der Waals surface area contributed by atoms with Crippen molar-refractivity contribution < 1.29 is 9.53 Å². The molecule has 110 valence electrons. The predicted octanol–water partition coefficient (Wildman–Crippen LogP) is 4.57. The van der Waals surface area contributed by atoms with Crippen LogP contribution in [-0.4, -0.2) is 12.6 Å². The summed E-state index contributed by atoms with van der Waals surface area (Å²) in [5.74, 6) is 0.102. The number of benzene rings is 2. The van der Waals surface area contributed by atoms with E-state index in [9.17, 15) is 4.79 Å². The number of hydrogen-bond acceptors (Lipinski definition) is 2. The van der Waals surface area contributed by atoms with Crippen molar-refractivity contribution in [3.05, 3.63) is 69.3 Å². The Morgan fingerprint density at radius 3 is 2.43 bits per heavy atom. The molecule has 1 atom stereocenters. The molecule has 0 amide bonds. The Hall–Kier alpha value is -1.36. The van der Waals surface area contributed by atoms with Crippen LogP contribution in [-0.2, 0) is 16.0 Å². The third-order valence-electron chi connectivity index (χ3n) is 3.39. The van der Waals surface area contributed by atoms with Crippen LogP contribution in [0.3, 0.4) is 0 Å². The molecule has 0 aliphatic heterocycles. The summed E-state index contributed by atoms with van der Waals surface area (Å²) in [6, 6.07) is 18.3. The molecule has 0 saturated carbocycles. The molecule has 0 aliphatic rings. The number of esters is 1. The van der Waals surface area contributed by atoms with E-state index in [1.54, 1.807) is 0 Å². The van der Waals surface area contributed by atoms with E-state index in [4.69, 9.17) is 4.74 Å². The molecule has 2 nitrogen and oxygen atoms in total. The first kappa shape index (κ1) is 16.0. The molecule has 2 aromatic carbocycles. The van der Waals surface area contributed by atoms with Gasteiger partial charge in [0.2, 0.25) is 0 Å². The van der Waals surface area contributed by atoms with E-state index in [1.807, 2.05) is 18.2 Å². The van der Waals surface area contributed by atoms with Crippen LogP contribution in [0.1, 0.15) is 30.4 Å². The zero-order chi connectivity index (χ0) is 15.1. The van der Waals surface area contributed by atoms with Gasteiger partial charge in [-0.2, -0.15) is 0 Å². The number of carbonyl (C=O) groups is 1. The first-order valence-electron chi connectivity index (χ1n) is 7.10. The first-order valence-corrected chi connectivity index (χ1v) is 8.18. The Morgan fingerprint density at radius 2 is 1.76 bits per heavy atom. The van der Waals surface area contributed by atoms with Crippen molar-refractivity contribution in [2.24, 2.45) is 0 Å². The van der Waals surface area contributed by atoms with E-state index < -0.39 is 0 Å². The van der Waals surface area contributed by atoms with Crippen LogP contribution in [0.5, 0.6) is 0 Å². The average Bonchev–Trinajstić information content (AvgIpc) is 2.53. The lowest BCUT2D eigenvalue weighted by Crippen LogP contribution is -2.11. The minimum atomic E-state index is -0.128. The second-order valence-corrected chi connectivity index (χ2v) is 6.37. The van der Waals surface area contributed by atoms with E-state index in [0.29, 0.717) is 13.0 Å². The van der Waals surface area contributed by atoms with Crippen molar-refractivity contribution in [1.82, 2.24) is 0 Å². The molecule has 0 heterocycles. The molecule has 2 rings (SSSR count). The number of ether oxygens (including phenoxy) is 1. The lowest BCUT2D eigenvalue weighted by atomic mass is 10.0. The van der Waals surface area contributed by atoms with Gasteiger partial charge in [-0.05, 0) is 52.3 Å². The molecule has 0 unspecified atom stereocenters. The van der Waals surface area contributed by atoms with Crippen LogP contribution in [0.2, 0.25) is 0 Å². The van der Waals surface area contributed by atoms with Gasteiger partial charge >= 0.3 is 5.97 Å². The summed E-state index contributed by atoms with van der Waals surface area (Å²) in [6.07, 6.45) is 1.16. The molecule has 0 saturated heterocycles. The molecule has 0 fully saturated rings. The largest absolute Gasteiger partial charge is 0.465 e. The maximum atomic E-state index is 11.8. The van der Waals surface area contributed by atoms with E-state index >= 15 is 0 Å². The fourth-order valence-electron chi connectivity index (χ4n) is 2.07. The molecule has 2 aromatic rings.